The number of nitrogens with one attached hydrogen (secondary N) is 1. The Balaban J connectivity index is 0.000000179. The average Bonchev–Trinajstić information content (AvgIpc) is 3.96. The fraction of sp³-hybridized carbons (Fsp3) is 0.766. The predicted octanol–water partition coefficient (Wildman–Crippen LogP) is 8.31. The lowest BCUT2D eigenvalue weighted by Gasteiger charge is -2.50. The summed E-state index contributed by atoms with van der Waals surface area (Å²) >= 11 is 0. The van der Waals surface area contributed by atoms with Gasteiger partial charge in [0.15, 0.2) is 0 Å². The van der Waals surface area contributed by atoms with Crippen LogP contribution in [-0.4, -0.2) is 115 Å². The predicted molar refractivity (Wildman–Crippen MR) is 226 cm³/mol. The van der Waals surface area contributed by atoms with Crippen LogP contribution in [0.2, 0.25) is 0 Å². The minimum atomic E-state index is -0.438. The van der Waals surface area contributed by atoms with E-state index in [0.717, 1.165) is 90.8 Å². The lowest BCUT2D eigenvalue weighted by atomic mass is 9.63. The van der Waals surface area contributed by atoms with Crippen LogP contribution in [0.15, 0.2) is 49.1 Å². The van der Waals surface area contributed by atoms with Crippen molar-refractivity contribution in [2.24, 2.45) is 10.8 Å². The third-order valence-corrected chi connectivity index (χ3v) is 14.7. The van der Waals surface area contributed by atoms with Gasteiger partial charge in [-0.1, -0.05) is 12.1 Å². The van der Waals surface area contributed by atoms with E-state index in [1.807, 2.05) is 56.5 Å². The number of pyridine rings is 2. The Hall–Kier alpha value is -2.63. The van der Waals surface area contributed by atoms with Crippen LogP contribution in [0.25, 0.3) is 0 Å². The van der Waals surface area contributed by atoms with Gasteiger partial charge in [-0.3, -0.25) is 9.97 Å². The van der Waals surface area contributed by atoms with Gasteiger partial charge in [-0.15, -0.1) is 0 Å². The fourth-order valence-electron chi connectivity index (χ4n) is 10.9. The van der Waals surface area contributed by atoms with Crippen LogP contribution in [-0.2, 0) is 25.4 Å². The van der Waals surface area contributed by atoms with E-state index >= 15 is 0 Å². The number of ether oxygens (including phenoxy) is 3. The summed E-state index contributed by atoms with van der Waals surface area (Å²) < 4.78 is 18.9. The first-order valence-corrected chi connectivity index (χ1v) is 22.8. The third-order valence-electron chi connectivity index (χ3n) is 14.7. The van der Waals surface area contributed by atoms with Gasteiger partial charge in [-0.2, -0.15) is 0 Å². The van der Waals surface area contributed by atoms with Crippen molar-refractivity contribution >= 4 is 6.09 Å². The minimum Gasteiger partial charge on any atom is -0.444 e. The van der Waals surface area contributed by atoms with Gasteiger partial charge in [-0.25, -0.2) is 4.79 Å². The van der Waals surface area contributed by atoms with E-state index < -0.39 is 5.60 Å². The summed E-state index contributed by atoms with van der Waals surface area (Å²) in [6.07, 6.45) is 27.0. The number of likely N-dealkylation sites (tertiary alicyclic amines) is 3. The van der Waals surface area contributed by atoms with E-state index in [-0.39, 0.29) is 17.3 Å². The molecule has 316 valence electrons. The summed E-state index contributed by atoms with van der Waals surface area (Å²) in [7, 11) is 0. The molecule has 0 radical (unpaired) electrons. The van der Waals surface area contributed by atoms with E-state index in [1.54, 1.807) is 0 Å². The van der Waals surface area contributed by atoms with Crippen LogP contribution in [0, 0.1) is 10.8 Å². The van der Waals surface area contributed by atoms with Crippen LogP contribution < -0.4 is 5.32 Å². The van der Waals surface area contributed by atoms with E-state index in [4.69, 9.17) is 14.2 Å². The second kappa shape index (κ2) is 19.2. The highest BCUT2D eigenvalue weighted by Gasteiger charge is 2.47. The van der Waals surface area contributed by atoms with Crippen LogP contribution in [0.3, 0.4) is 0 Å². The maximum absolute atomic E-state index is 12.5. The zero-order valence-corrected chi connectivity index (χ0v) is 35.8. The molecule has 6 aliphatic rings. The van der Waals surface area contributed by atoms with Crippen molar-refractivity contribution < 1.29 is 19.0 Å². The van der Waals surface area contributed by atoms with E-state index in [0.29, 0.717) is 10.8 Å². The minimum absolute atomic E-state index is 0.107. The molecule has 4 saturated heterocycles. The van der Waals surface area contributed by atoms with Crippen molar-refractivity contribution in [3.63, 3.8) is 0 Å². The molecule has 2 aromatic rings. The monoisotopic (exact) mass is 787 g/mol. The molecule has 0 aromatic carbocycles. The van der Waals surface area contributed by atoms with Gasteiger partial charge in [0.25, 0.3) is 0 Å². The molecule has 0 atom stereocenters. The Morgan fingerprint density at radius 1 is 0.632 bits per heavy atom. The Bertz CT molecular complexity index is 1490. The maximum Gasteiger partial charge on any atom is 0.410 e. The lowest BCUT2D eigenvalue weighted by Crippen LogP contribution is -2.48. The molecule has 1 amide bonds. The first-order valence-electron chi connectivity index (χ1n) is 22.8. The second-order valence-electron chi connectivity index (χ2n) is 19.5. The molecular weight excluding hydrogens is 713 g/mol. The largest absolute Gasteiger partial charge is 0.444 e. The number of carbonyl (C=O) groups excluding carboxylic acids is 1. The highest BCUT2D eigenvalue weighted by atomic mass is 16.6. The van der Waals surface area contributed by atoms with E-state index in [2.05, 4.69) is 43.3 Å². The number of hydrogen-bond acceptors (Lipinski definition) is 9. The van der Waals surface area contributed by atoms with Gasteiger partial charge < -0.3 is 34.2 Å². The Morgan fingerprint density at radius 2 is 1.07 bits per heavy atom. The van der Waals surface area contributed by atoms with Gasteiger partial charge in [0, 0.05) is 62.1 Å². The number of carbonyl (C=O) groups is 1. The topological polar surface area (TPSA) is 92.3 Å². The highest BCUT2D eigenvalue weighted by Crippen LogP contribution is 2.53. The molecule has 10 nitrogen and oxygen atoms in total. The van der Waals surface area contributed by atoms with Crippen molar-refractivity contribution in [3.05, 3.63) is 60.2 Å². The molecular formula is C47H74N6O4. The molecule has 4 aliphatic heterocycles. The quantitative estimate of drug-likeness (QED) is 0.255. The zero-order valence-electron chi connectivity index (χ0n) is 35.8. The normalized spacial score (nSPS) is 26.3. The zero-order chi connectivity index (χ0) is 39.7. The third kappa shape index (κ3) is 11.2. The van der Waals surface area contributed by atoms with Crippen molar-refractivity contribution in [1.29, 1.82) is 0 Å². The molecule has 2 saturated carbocycles. The molecule has 2 aromatic heterocycles. The number of aromatic nitrogens is 2. The smallest absolute Gasteiger partial charge is 0.410 e. The Kier molecular flexibility index (Phi) is 14.3. The Morgan fingerprint density at radius 3 is 1.47 bits per heavy atom. The van der Waals surface area contributed by atoms with E-state index in [1.165, 1.54) is 102 Å². The molecule has 8 rings (SSSR count). The SMILES string of the molecule is CC(C)(C)OC(=O)N1CCC2(CC1)CCC(OCCN1CCCC1)(c1cccnc1)CC2.c1cncc(C2(OCCN3CCCC3)CCC3(CCNCC3)CC2)c1. The summed E-state index contributed by atoms with van der Waals surface area (Å²) in [5.74, 6) is 0. The molecule has 57 heavy (non-hydrogen) atoms. The van der Waals surface area contributed by atoms with Crippen LogP contribution >= 0.6 is 0 Å². The number of piperidine rings is 2. The summed E-state index contributed by atoms with van der Waals surface area (Å²) in [4.78, 5) is 28.2. The summed E-state index contributed by atoms with van der Waals surface area (Å²) in [6, 6.07) is 8.51. The summed E-state index contributed by atoms with van der Waals surface area (Å²) in [5, 5.41) is 3.53. The standard InChI is InChI=1S/C26H41N3O3.C21H33N3O/c1-24(2,3)32-23(30)29-17-12-25(13-18-29)8-10-26(11-9-25,22-7-6-14-27-21-22)31-20-19-28-15-4-5-16-28;1-2-15-24(14-1)16-17-25-21(19-4-3-11-23-18-19)7-5-20(6-8-21)9-12-22-13-10-20/h6-7,14,21H,4-5,8-13,15-20H2,1-3H3;3-4,11,18,22H,1-2,5-10,12-17H2. The van der Waals surface area contributed by atoms with Crippen molar-refractivity contribution in [2.45, 2.75) is 140 Å². The highest BCUT2D eigenvalue weighted by molar-refractivity contribution is 5.68. The molecule has 2 aliphatic carbocycles. The second-order valence-corrected chi connectivity index (χ2v) is 19.5. The van der Waals surface area contributed by atoms with Crippen LogP contribution in [0.5, 0.6) is 0 Å². The van der Waals surface area contributed by atoms with Crippen LogP contribution in [0.4, 0.5) is 4.79 Å². The molecule has 6 fully saturated rings. The number of hydrogen-bond donors (Lipinski definition) is 1. The number of amides is 1. The van der Waals surface area contributed by atoms with Gasteiger partial charge in [-0.05, 0) is 186 Å². The lowest BCUT2D eigenvalue weighted by molar-refractivity contribution is -0.110. The van der Waals surface area contributed by atoms with Gasteiger partial charge in [0.1, 0.15) is 5.60 Å². The van der Waals surface area contributed by atoms with Crippen molar-refractivity contribution in [2.75, 3.05) is 78.7 Å². The molecule has 10 heteroatoms. The molecule has 2 spiro atoms. The molecule has 0 bridgehead atoms. The molecule has 6 heterocycles. The summed E-state index contributed by atoms with van der Waals surface area (Å²) in [5.41, 5.74) is 2.64. The van der Waals surface area contributed by atoms with Gasteiger partial charge >= 0.3 is 6.09 Å². The van der Waals surface area contributed by atoms with Crippen molar-refractivity contribution in [3.8, 4) is 0 Å². The number of rotatable bonds is 10. The van der Waals surface area contributed by atoms with Gasteiger partial charge in [0.2, 0.25) is 0 Å². The number of nitrogens with zero attached hydrogens (tertiary/aromatic N) is 5. The van der Waals surface area contributed by atoms with Crippen molar-refractivity contribution in [1.82, 2.24) is 30.0 Å². The summed E-state index contributed by atoms with van der Waals surface area (Å²) in [6.45, 7) is 18.4. The average molecular weight is 787 g/mol. The first-order chi connectivity index (χ1) is 27.6. The van der Waals surface area contributed by atoms with E-state index in [9.17, 15) is 4.79 Å². The first kappa shape index (κ1) is 42.5. The molecule has 0 unspecified atom stereocenters. The van der Waals surface area contributed by atoms with Crippen LogP contribution in [0.1, 0.15) is 135 Å². The molecule has 1 N–H and O–H groups in total. The Labute approximate surface area is 344 Å². The van der Waals surface area contributed by atoms with Gasteiger partial charge in [0.05, 0.1) is 24.4 Å². The fourth-order valence-corrected chi connectivity index (χ4v) is 10.9. The maximum atomic E-state index is 12.5.